The number of thiazole rings is 1. The normalized spacial score (nSPS) is 11.8. The summed E-state index contributed by atoms with van der Waals surface area (Å²) in [5, 5.41) is 5.44. The molecule has 5 aromatic rings. The monoisotopic (exact) mass is 510 g/mol. The van der Waals surface area contributed by atoms with Crippen LogP contribution in [0.5, 0.6) is 11.5 Å². The highest BCUT2D eigenvalue weighted by Gasteiger charge is 2.13. The van der Waals surface area contributed by atoms with E-state index in [0.717, 1.165) is 16.7 Å². The predicted molar refractivity (Wildman–Crippen MR) is 133 cm³/mol. The van der Waals surface area contributed by atoms with Gasteiger partial charge in [-0.1, -0.05) is 46.7 Å². The Bertz CT molecular complexity index is 1600. The average molecular weight is 511 g/mol. The van der Waals surface area contributed by atoms with Gasteiger partial charge < -0.3 is 9.47 Å². The van der Waals surface area contributed by atoms with E-state index in [1.165, 1.54) is 15.9 Å². The third kappa shape index (κ3) is 4.48. The van der Waals surface area contributed by atoms with Crippen LogP contribution in [0.3, 0.4) is 0 Å². The van der Waals surface area contributed by atoms with E-state index in [-0.39, 0.29) is 12.2 Å². The fourth-order valence-corrected chi connectivity index (χ4v) is 4.67. The molecule has 0 aliphatic rings. The van der Waals surface area contributed by atoms with Crippen molar-refractivity contribution in [1.82, 2.24) is 19.6 Å². The Kier molecular flexibility index (Phi) is 6.19. The summed E-state index contributed by atoms with van der Waals surface area (Å²) in [5.74, 6) is 1.57. The van der Waals surface area contributed by atoms with E-state index in [1.54, 1.807) is 62.0 Å². The molecule has 34 heavy (non-hydrogen) atoms. The fourth-order valence-electron chi connectivity index (χ4n) is 3.30. The van der Waals surface area contributed by atoms with E-state index in [2.05, 4.69) is 15.1 Å². The molecule has 0 aliphatic carbocycles. The number of halogens is 2. The number of pyridine rings is 1. The minimum absolute atomic E-state index is 0.232. The summed E-state index contributed by atoms with van der Waals surface area (Å²) in [5.41, 5.74) is 2.16. The summed E-state index contributed by atoms with van der Waals surface area (Å²) in [4.78, 5) is 21.9. The molecule has 3 heterocycles. The quantitative estimate of drug-likeness (QED) is 0.330. The molecule has 7 nitrogen and oxygen atoms in total. The number of rotatable bonds is 6. The second-order valence-corrected chi connectivity index (χ2v) is 9.07. The zero-order valence-electron chi connectivity index (χ0n) is 17.7. The van der Waals surface area contributed by atoms with Gasteiger partial charge in [-0.2, -0.15) is 9.50 Å². The lowest BCUT2D eigenvalue weighted by Gasteiger charge is -2.12. The molecule has 0 amide bonds. The highest BCUT2D eigenvalue weighted by molar-refractivity contribution is 7.15. The van der Waals surface area contributed by atoms with Gasteiger partial charge in [0.15, 0.2) is 17.3 Å². The molecule has 0 radical (unpaired) electrons. The maximum Gasteiger partial charge on any atom is 0.291 e. The maximum atomic E-state index is 12.9. The topological polar surface area (TPSA) is 78.6 Å². The summed E-state index contributed by atoms with van der Waals surface area (Å²) >= 11 is 13.4. The van der Waals surface area contributed by atoms with Crippen molar-refractivity contribution in [3.05, 3.63) is 97.0 Å². The lowest BCUT2D eigenvalue weighted by molar-refractivity contribution is 0.284. The van der Waals surface area contributed by atoms with E-state index in [0.29, 0.717) is 36.9 Å². The first-order valence-corrected chi connectivity index (χ1v) is 11.7. The smallest absolute Gasteiger partial charge is 0.291 e. The molecule has 5 rings (SSSR count). The molecular weight excluding hydrogens is 495 g/mol. The number of nitrogens with zero attached hydrogens (tertiary/aromatic N) is 4. The van der Waals surface area contributed by atoms with Gasteiger partial charge in [-0.3, -0.25) is 9.78 Å². The first-order chi connectivity index (χ1) is 16.5. The van der Waals surface area contributed by atoms with Crippen LogP contribution in [0.4, 0.5) is 0 Å². The Morgan fingerprint density at radius 1 is 1.06 bits per heavy atom. The largest absolute Gasteiger partial charge is 0.493 e. The zero-order valence-corrected chi connectivity index (χ0v) is 20.1. The van der Waals surface area contributed by atoms with E-state index in [1.807, 2.05) is 12.1 Å². The van der Waals surface area contributed by atoms with Crippen LogP contribution >= 0.6 is 34.5 Å². The lowest BCUT2D eigenvalue weighted by atomic mass is 10.2. The van der Waals surface area contributed by atoms with Crippen molar-refractivity contribution >= 4 is 45.6 Å². The minimum Gasteiger partial charge on any atom is -0.493 e. The van der Waals surface area contributed by atoms with E-state index in [4.69, 9.17) is 32.7 Å². The molecule has 0 saturated carbocycles. The van der Waals surface area contributed by atoms with Gasteiger partial charge in [0.25, 0.3) is 5.56 Å². The Morgan fingerprint density at radius 2 is 1.88 bits per heavy atom. The minimum atomic E-state index is -0.232. The van der Waals surface area contributed by atoms with Crippen molar-refractivity contribution < 1.29 is 9.47 Å². The Balaban J connectivity index is 1.41. The van der Waals surface area contributed by atoms with Crippen LogP contribution in [0.1, 0.15) is 11.1 Å². The number of methoxy groups -OCH3 is 1. The van der Waals surface area contributed by atoms with Crippen LogP contribution in [0.2, 0.25) is 10.0 Å². The van der Waals surface area contributed by atoms with Crippen LogP contribution in [0.15, 0.2) is 65.7 Å². The molecule has 0 spiro atoms. The van der Waals surface area contributed by atoms with Crippen molar-refractivity contribution in [3.8, 4) is 22.9 Å². The number of hydrogen-bond donors (Lipinski definition) is 0. The van der Waals surface area contributed by atoms with Gasteiger partial charge in [-0.15, -0.1) is 5.10 Å². The van der Waals surface area contributed by atoms with E-state index < -0.39 is 0 Å². The van der Waals surface area contributed by atoms with Crippen molar-refractivity contribution in [2.45, 2.75) is 6.61 Å². The molecule has 0 bridgehead atoms. The van der Waals surface area contributed by atoms with E-state index in [9.17, 15) is 4.79 Å². The van der Waals surface area contributed by atoms with Crippen LogP contribution in [0, 0.1) is 0 Å². The van der Waals surface area contributed by atoms with Crippen LogP contribution in [0.25, 0.3) is 22.4 Å². The van der Waals surface area contributed by atoms with Gasteiger partial charge in [0.1, 0.15) is 6.61 Å². The molecule has 0 fully saturated rings. The van der Waals surface area contributed by atoms with Gasteiger partial charge in [0.2, 0.25) is 4.96 Å². The Hall–Kier alpha value is -3.46. The second-order valence-electron chi connectivity index (χ2n) is 7.22. The first kappa shape index (κ1) is 22.3. The van der Waals surface area contributed by atoms with Gasteiger partial charge in [-0.05, 0) is 48.0 Å². The molecule has 0 unspecified atom stereocenters. The van der Waals surface area contributed by atoms with Crippen LogP contribution < -0.4 is 19.6 Å². The lowest BCUT2D eigenvalue weighted by Crippen LogP contribution is -2.23. The molecular formula is C24H16Cl2N4O3S. The van der Waals surface area contributed by atoms with Crippen LogP contribution in [-0.4, -0.2) is 26.7 Å². The standard InChI is InChI=1S/C24H16Cl2N4O3S/c1-32-20-10-14(2-5-19(20)33-13-16-3-4-17(25)12-18(16)26)11-21-23(31)30-24(34-21)28-22(29-30)15-6-8-27-9-7-15/h2-12H,13H2,1H3/b21-11-. The second kappa shape index (κ2) is 9.42. The van der Waals surface area contributed by atoms with Gasteiger partial charge in [0.05, 0.1) is 11.6 Å². The number of fused-ring (bicyclic) bond motifs is 1. The number of benzene rings is 2. The molecule has 0 aliphatic heterocycles. The SMILES string of the molecule is COc1cc(/C=c2\sc3nc(-c4ccncc4)nn3c2=O)ccc1OCc1ccc(Cl)cc1Cl. The highest BCUT2D eigenvalue weighted by Crippen LogP contribution is 2.30. The molecule has 3 aromatic heterocycles. The molecule has 0 N–H and O–H groups in total. The Morgan fingerprint density at radius 3 is 2.62 bits per heavy atom. The molecule has 0 saturated heterocycles. The molecule has 0 atom stereocenters. The highest BCUT2D eigenvalue weighted by atomic mass is 35.5. The van der Waals surface area contributed by atoms with Crippen LogP contribution in [-0.2, 0) is 6.61 Å². The van der Waals surface area contributed by atoms with E-state index >= 15 is 0 Å². The molecule has 10 heteroatoms. The summed E-state index contributed by atoms with van der Waals surface area (Å²) in [7, 11) is 1.56. The summed E-state index contributed by atoms with van der Waals surface area (Å²) in [6.45, 7) is 0.258. The number of hydrogen-bond acceptors (Lipinski definition) is 7. The summed E-state index contributed by atoms with van der Waals surface area (Å²) in [6, 6.07) is 14.3. The van der Waals surface area contributed by atoms with Crippen molar-refractivity contribution in [3.63, 3.8) is 0 Å². The van der Waals surface area contributed by atoms with Gasteiger partial charge in [-0.25, -0.2) is 0 Å². The number of aromatic nitrogens is 4. The van der Waals surface area contributed by atoms with Crippen molar-refractivity contribution in [2.75, 3.05) is 7.11 Å². The molecule has 2 aromatic carbocycles. The van der Waals surface area contributed by atoms with Gasteiger partial charge in [0, 0.05) is 33.6 Å². The number of ether oxygens (including phenoxy) is 2. The Labute approximate surface area is 207 Å². The summed E-state index contributed by atoms with van der Waals surface area (Å²) < 4.78 is 13.2. The van der Waals surface area contributed by atoms with Gasteiger partial charge >= 0.3 is 0 Å². The summed E-state index contributed by atoms with van der Waals surface area (Å²) in [6.07, 6.45) is 5.09. The fraction of sp³-hybridized carbons (Fsp3) is 0.0833. The van der Waals surface area contributed by atoms with Crippen molar-refractivity contribution in [2.24, 2.45) is 0 Å². The third-order valence-electron chi connectivity index (χ3n) is 5.00. The average Bonchev–Trinajstić information content (AvgIpc) is 3.39. The molecule has 170 valence electrons. The van der Waals surface area contributed by atoms with Crippen molar-refractivity contribution in [1.29, 1.82) is 0 Å². The first-order valence-electron chi connectivity index (χ1n) is 10.1. The zero-order chi connectivity index (χ0) is 23.7. The predicted octanol–water partition coefficient (Wildman–Crippen LogP) is 4.66. The third-order valence-corrected chi connectivity index (χ3v) is 6.55. The maximum absolute atomic E-state index is 12.9.